The van der Waals surface area contributed by atoms with Gasteiger partial charge in [-0.2, -0.15) is 11.8 Å². The molecule has 2 N–H and O–H groups in total. The van der Waals surface area contributed by atoms with E-state index in [9.17, 15) is 19.8 Å². The zero-order valence-corrected chi connectivity index (χ0v) is 29.6. The standard InChI is InChI=1S/C37H56O6S/c1-25-21-27(33(40)28(22-25)35(2,3)4)13-11-17-42-32(39)16-20-44-19-12-18-43-31(38)15-14-26-23-29(36(5,6)7)34(41)30(24-26)37(8,9)10/h21-24,40-41H,11-20H2,1-10H3. The lowest BCUT2D eigenvalue weighted by Crippen LogP contribution is -2.18. The van der Waals surface area contributed by atoms with E-state index in [-0.39, 0.29) is 34.6 Å². The molecule has 2 aromatic rings. The summed E-state index contributed by atoms with van der Waals surface area (Å²) in [7, 11) is 0. The maximum Gasteiger partial charge on any atom is 0.306 e. The largest absolute Gasteiger partial charge is 0.507 e. The van der Waals surface area contributed by atoms with Crippen LogP contribution >= 0.6 is 11.8 Å². The molecule has 0 atom stereocenters. The van der Waals surface area contributed by atoms with Crippen molar-refractivity contribution in [2.75, 3.05) is 24.7 Å². The maximum atomic E-state index is 12.4. The van der Waals surface area contributed by atoms with Gasteiger partial charge >= 0.3 is 11.9 Å². The van der Waals surface area contributed by atoms with Crippen molar-refractivity contribution in [3.05, 3.63) is 57.6 Å². The molecule has 0 saturated heterocycles. The van der Waals surface area contributed by atoms with Gasteiger partial charge in [0.2, 0.25) is 0 Å². The number of phenols is 2. The Kier molecular flexibility index (Phi) is 13.7. The number of thioether (sulfide) groups is 1. The molecule has 2 aromatic carbocycles. The van der Waals surface area contributed by atoms with Crippen LogP contribution in [0.3, 0.4) is 0 Å². The Morgan fingerprint density at radius 3 is 1.70 bits per heavy atom. The third kappa shape index (κ3) is 12.0. The summed E-state index contributed by atoms with van der Waals surface area (Å²) in [6, 6.07) is 8.06. The highest BCUT2D eigenvalue weighted by Crippen LogP contribution is 2.40. The van der Waals surface area contributed by atoms with E-state index >= 15 is 0 Å². The van der Waals surface area contributed by atoms with Gasteiger partial charge in [-0.15, -0.1) is 0 Å². The minimum atomic E-state index is -0.227. The Balaban J connectivity index is 1.64. The minimum absolute atomic E-state index is 0.140. The average Bonchev–Trinajstić information content (AvgIpc) is 2.89. The lowest BCUT2D eigenvalue weighted by atomic mass is 9.78. The number of hydrogen-bond donors (Lipinski definition) is 2. The molecule has 0 heterocycles. The van der Waals surface area contributed by atoms with Gasteiger partial charge in [-0.1, -0.05) is 92.1 Å². The quantitative estimate of drug-likeness (QED) is 0.160. The van der Waals surface area contributed by atoms with Crippen LogP contribution in [0.4, 0.5) is 0 Å². The second-order valence-corrected chi connectivity index (χ2v) is 16.1. The van der Waals surface area contributed by atoms with E-state index in [1.54, 1.807) is 11.8 Å². The lowest BCUT2D eigenvalue weighted by Gasteiger charge is -2.28. The first-order valence-corrected chi connectivity index (χ1v) is 17.0. The van der Waals surface area contributed by atoms with Crippen LogP contribution in [0.2, 0.25) is 0 Å². The van der Waals surface area contributed by atoms with Gasteiger partial charge in [0, 0.05) is 12.2 Å². The molecular formula is C37H56O6S. The SMILES string of the molecule is Cc1cc(CCCOC(=O)CCSCCCOC(=O)CCc2cc(C(C)(C)C)c(O)c(C(C)(C)C)c2)c(O)c(C(C)(C)C)c1. The van der Waals surface area contributed by atoms with Crippen molar-refractivity contribution in [2.45, 2.75) is 124 Å². The Bertz CT molecular complexity index is 1230. The summed E-state index contributed by atoms with van der Waals surface area (Å²) in [6.45, 7) is 21.5. The summed E-state index contributed by atoms with van der Waals surface area (Å²) < 4.78 is 10.8. The molecule has 2 rings (SSSR count). The molecule has 0 unspecified atom stereocenters. The second kappa shape index (κ2) is 16.1. The predicted molar refractivity (Wildman–Crippen MR) is 182 cm³/mol. The van der Waals surface area contributed by atoms with Crippen LogP contribution in [-0.4, -0.2) is 46.9 Å². The van der Waals surface area contributed by atoms with Crippen molar-refractivity contribution in [3.63, 3.8) is 0 Å². The molecule has 44 heavy (non-hydrogen) atoms. The van der Waals surface area contributed by atoms with Crippen molar-refractivity contribution in [2.24, 2.45) is 0 Å². The molecule has 0 fully saturated rings. The van der Waals surface area contributed by atoms with E-state index in [1.807, 2.05) is 31.2 Å². The summed E-state index contributed by atoms with van der Waals surface area (Å²) in [5, 5.41) is 21.6. The second-order valence-electron chi connectivity index (χ2n) is 14.9. The number of carbonyl (C=O) groups excluding carboxylic acids is 2. The van der Waals surface area contributed by atoms with Gasteiger partial charge in [0.05, 0.1) is 19.6 Å². The zero-order valence-electron chi connectivity index (χ0n) is 28.8. The zero-order chi connectivity index (χ0) is 33.3. The highest BCUT2D eigenvalue weighted by Gasteiger charge is 2.26. The van der Waals surface area contributed by atoms with Gasteiger partial charge in [0.25, 0.3) is 0 Å². The Labute approximate surface area is 270 Å². The molecule has 0 radical (unpaired) electrons. The van der Waals surface area contributed by atoms with E-state index in [4.69, 9.17) is 9.47 Å². The molecule has 246 valence electrons. The molecular weight excluding hydrogens is 572 g/mol. The highest BCUT2D eigenvalue weighted by atomic mass is 32.2. The number of ether oxygens (including phenoxy) is 2. The number of rotatable bonds is 14. The summed E-state index contributed by atoms with van der Waals surface area (Å²) in [5.74, 6) is 1.70. The van der Waals surface area contributed by atoms with E-state index in [0.717, 1.165) is 45.6 Å². The fourth-order valence-corrected chi connectivity index (χ4v) is 5.88. The van der Waals surface area contributed by atoms with Gasteiger partial charge in [-0.05, 0) is 82.4 Å². The summed E-state index contributed by atoms with van der Waals surface area (Å²) in [6.07, 6.45) is 3.23. The third-order valence-corrected chi connectivity index (χ3v) is 8.61. The third-order valence-electron chi connectivity index (χ3n) is 7.54. The number of hydrogen-bond acceptors (Lipinski definition) is 7. The van der Waals surface area contributed by atoms with Crippen molar-refractivity contribution >= 4 is 23.7 Å². The molecule has 0 aliphatic heterocycles. The van der Waals surface area contributed by atoms with Crippen LogP contribution in [0.25, 0.3) is 0 Å². The Morgan fingerprint density at radius 2 is 1.16 bits per heavy atom. The molecule has 0 saturated carbocycles. The molecule has 0 aliphatic rings. The van der Waals surface area contributed by atoms with Gasteiger partial charge < -0.3 is 19.7 Å². The van der Waals surface area contributed by atoms with Crippen LogP contribution < -0.4 is 0 Å². The first kappa shape index (κ1) is 37.5. The summed E-state index contributed by atoms with van der Waals surface area (Å²) >= 11 is 1.65. The average molecular weight is 629 g/mol. The van der Waals surface area contributed by atoms with Gasteiger partial charge in [0.1, 0.15) is 11.5 Å². The lowest BCUT2D eigenvalue weighted by molar-refractivity contribution is -0.144. The molecule has 0 amide bonds. The molecule has 0 aliphatic carbocycles. The van der Waals surface area contributed by atoms with Gasteiger partial charge in [-0.25, -0.2) is 0 Å². The van der Waals surface area contributed by atoms with Crippen molar-refractivity contribution in [1.82, 2.24) is 0 Å². The van der Waals surface area contributed by atoms with E-state index < -0.39 is 0 Å². The molecule has 0 spiro atoms. The first-order valence-electron chi connectivity index (χ1n) is 15.9. The van der Waals surface area contributed by atoms with Crippen LogP contribution in [-0.2, 0) is 48.1 Å². The molecule has 6 nitrogen and oxygen atoms in total. The van der Waals surface area contributed by atoms with Crippen molar-refractivity contribution in [1.29, 1.82) is 0 Å². The normalized spacial score (nSPS) is 12.3. The Hall–Kier alpha value is -2.67. The number of esters is 2. The predicted octanol–water partition coefficient (Wildman–Crippen LogP) is 8.46. The number of carbonyl (C=O) groups is 2. The van der Waals surface area contributed by atoms with Crippen molar-refractivity contribution < 1.29 is 29.3 Å². The van der Waals surface area contributed by atoms with E-state index in [0.29, 0.717) is 56.1 Å². The number of aromatic hydroxyl groups is 2. The minimum Gasteiger partial charge on any atom is -0.507 e. The van der Waals surface area contributed by atoms with E-state index in [1.165, 1.54) is 0 Å². The fourth-order valence-electron chi connectivity index (χ4n) is 5.04. The number of phenolic OH excluding ortho intramolecular Hbond substituents is 2. The molecule has 0 aromatic heterocycles. The van der Waals surface area contributed by atoms with Crippen LogP contribution in [0.15, 0.2) is 24.3 Å². The van der Waals surface area contributed by atoms with Crippen molar-refractivity contribution in [3.8, 4) is 11.5 Å². The van der Waals surface area contributed by atoms with Gasteiger partial charge in [0.15, 0.2) is 0 Å². The number of aryl methyl sites for hydroxylation is 3. The maximum absolute atomic E-state index is 12.4. The molecule has 7 heteroatoms. The number of benzene rings is 2. The van der Waals surface area contributed by atoms with Crippen LogP contribution in [0.1, 0.15) is 121 Å². The topological polar surface area (TPSA) is 93.1 Å². The fraction of sp³-hybridized carbons (Fsp3) is 0.622. The highest BCUT2D eigenvalue weighted by molar-refractivity contribution is 7.99. The van der Waals surface area contributed by atoms with Crippen LogP contribution in [0.5, 0.6) is 11.5 Å². The monoisotopic (exact) mass is 628 g/mol. The van der Waals surface area contributed by atoms with E-state index in [2.05, 4.69) is 62.3 Å². The smallest absolute Gasteiger partial charge is 0.306 e. The first-order chi connectivity index (χ1) is 20.3. The van der Waals surface area contributed by atoms with Gasteiger partial charge in [-0.3, -0.25) is 9.59 Å². The molecule has 0 bridgehead atoms. The summed E-state index contributed by atoms with van der Waals surface area (Å²) in [5.41, 5.74) is 5.21. The Morgan fingerprint density at radius 1 is 0.659 bits per heavy atom. The summed E-state index contributed by atoms with van der Waals surface area (Å²) in [4.78, 5) is 24.5. The van der Waals surface area contributed by atoms with Crippen LogP contribution in [0, 0.1) is 6.92 Å².